The van der Waals surface area contributed by atoms with E-state index in [2.05, 4.69) is 5.10 Å². The third-order valence-corrected chi connectivity index (χ3v) is 4.45. The van der Waals surface area contributed by atoms with E-state index in [9.17, 15) is 9.59 Å². The average Bonchev–Trinajstić information content (AvgIpc) is 2.56. The summed E-state index contributed by atoms with van der Waals surface area (Å²) in [4.78, 5) is 25.6. The zero-order valence-corrected chi connectivity index (χ0v) is 13.5. The van der Waals surface area contributed by atoms with E-state index in [4.69, 9.17) is 0 Å². The van der Waals surface area contributed by atoms with Gasteiger partial charge in [-0.15, -0.1) is 0 Å². The largest absolute Gasteiger partial charge is 0.343 e. The first-order valence-electron chi connectivity index (χ1n) is 7.97. The molecule has 0 N–H and O–H groups in total. The van der Waals surface area contributed by atoms with E-state index in [0.717, 1.165) is 29.7 Å². The number of amides is 1. The van der Waals surface area contributed by atoms with Crippen LogP contribution in [0.25, 0.3) is 11.3 Å². The van der Waals surface area contributed by atoms with Crippen LogP contribution in [0.15, 0.2) is 41.2 Å². The molecule has 0 aliphatic carbocycles. The van der Waals surface area contributed by atoms with Gasteiger partial charge in [-0.2, -0.15) is 5.10 Å². The normalized spacial score (nSPS) is 15.7. The summed E-state index contributed by atoms with van der Waals surface area (Å²) >= 11 is 0. The number of aromatic nitrogens is 2. The van der Waals surface area contributed by atoms with Gasteiger partial charge in [-0.3, -0.25) is 9.59 Å². The van der Waals surface area contributed by atoms with Crippen LogP contribution < -0.4 is 5.56 Å². The topological polar surface area (TPSA) is 55.2 Å². The summed E-state index contributed by atoms with van der Waals surface area (Å²) in [6, 6.07) is 11.6. The Bertz CT molecular complexity index is 760. The second-order valence-electron chi connectivity index (χ2n) is 6.06. The van der Waals surface area contributed by atoms with Crippen molar-refractivity contribution >= 4 is 5.91 Å². The quantitative estimate of drug-likeness (QED) is 0.856. The fourth-order valence-electron chi connectivity index (χ4n) is 3.12. The number of nitrogens with zero attached hydrogens (tertiary/aromatic N) is 3. The van der Waals surface area contributed by atoms with Gasteiger partial charge in [-0.05, 0) is 25.3 Å². The summed E-state index contributed by atoms with van der Waals surface area (Å²) in [5, 5.41) is 4.64. The monoisotopic (exact) mass is 311 g/mol. The maximum atomic E-state index is 12.4. The number of carbonyl (C=O) groups is 1. The van der Waals surface area contributed by atoms with Crippen molar-refractivity contribution in [2.75, 3.05) is 13.1 Å². The maximum absolute atomic E-state index is 12.4. The number of likely N-dealkylation sites (tertiary alicyclic amines) is 1. The lowest BCUT2D eigenvalue weighted by Gasteiger charge is -2.31. The molecule has 3 rings (SSSR count). The van der Waals surface area contributed by atoms with Crippen molar-refractivity contribution in [3.05, 3.63) is 52.3 Å². The van der Waals surface area contributed by atoms with Gasteiger partial charge >= 0.3 is 0 Å². The molecule has 2 aromatic rings. The minimum atomic E-state index is -0.0662. The highest BCUT2D eigenvalue weighted by Gasteiger charge is 2.24. The van der Waals surface area contributed by atoms with Crippen molar-refractivity contribution in [2.45, 2.75) is 32.7 Å². The van der Waals surface area contributed by atoms with E-state index in [-0.39, 0.29) is 17.5 Å². The summed E-state index contributed by atoms with van der Waals surface area (Å²) < 4.78 is 1.60. The second-order valence-corrected chi connectivity index (χ2v) is 6.06. The van der Waals surface area contributed by atoms with Crippen LogP contribution in [-0.2, 0) is 4.79 Å². The van der Waals surface area contributed by atoms with E-state index in [1.54, 1.807) is 17.7 Å². The summed E-state index contributed by atoms with van der Waals surface area (Å²) in [6.07, 6.45) is 1.54. The van der Waals surface area contributed by atoms with Gasteiger partial charge in [0.15, 0.2) is 0 Å². The summed E-state index contributed by atoms with van der Waals surface area (Å²) in [5.41, 5.74) is 2.68. The molecule has 1 aliphatic rings. The molecule has 0 spiro atoms. The first kappa shape index (κ1) is 15.5. The number of piperidine rings is 1. The molecule has 5 nitrogen and oxygen atoms in total. The summed E-state index contributed by atoms with van der Waals surface area (Å²) in [5.74, 6) is 0.0950. The molecule has 1 saturated heterocycles. The molecule has 0 bridgehead atoms. The molecule has 1 aromatic heterocycles. The molecule has 0 unspecified atom stereocenters. The van der Waals surface area contributed by atoms with Crippen molar-refractivity contribution in [1.82, 2.24) is 14.7 Å². The van der Waals surface area contributed by atoms with Crippen molar-refractivity contribution in [3.63, 3.8) is 0 Å². The van der Waals surface area contributed by atoms with E-state index in [0.29, 0.717) is 13.1 Å². The highest BCUT2D eigenvalue weighted by atomic mass is 16.2. The van der Waals surface area contributed by atoms with Gasteiger partial charge in [-0.25, -0.2) is 4.68 Å². The van der Waals surface area contributed by atoms with Crippen LogP contribution in [0, 0.1) is 6.92 Å². The molecule has 5 heteroatoms. The molecule has 23 heavy (non-hydrogen) atoms. The van der Waals surface area contributed by atoms with Crippen molar-refractivity contribution in [1.29, 1.82) is 0 Å². The third-order valence-electron chi connectivity index (χ3n) is 4.45. The molecule has 0 radical (unpaired) electrons. The van der Waals surface area contributed by atoms with Gasteiger partial charge in [0.25, 0.3) is 5.56 Å². The first-order valence-corrected chi connectivity index (χ1v) is 7.97. The van der Waals surface area contributed by atoms with Crippen LogP contribution in [0.3, 0.4) is 0 Å². The number of aryl methyl sites for hydroxylation is 1. The Hall–Kier alpha value is -2.43. The predicted molar refractivity (Wildman–Crippen MR) is 89.2 cm³/mol. The molecule has 1 fully saturated rings. The minimum absolute atomic E-state index is 0.0566. The van der Waals surface area contributed by atoms with E-state index >= 15 is 0 Å². The average molecular weight is 311 g/mol. The van der Waals surface area contributed by atoms with Gasteiger partial charge in [0.05, 0.1) is 11.7 Å². The zero-order valence-electron chi connectivity index (χ0n) is 13.5. The van der Waals surface area contributed by atoms with Crippen molar-refractivity contribution in [3.8, 4) is 11.3 Å². The Morgan fingerprint density at radius 1 is 1.17 bits per heavy atom. The minimum Gasteiger partial charge on any atom is -0.343 e. The molecule has 0 saturated carbocycles. The van der Waals surface area contributed by atoms with E-state index < -0.39 is 0 Å². The fraction of sp³-hybridized carbons (Fsp3) is 0.389. The molecule has 2 heterocycles. The van der Waals surface area contributed by atoms with Gasteiger partial charge < -0.3 is 4.90 Å². The predicted octanol–water partition coefficient (Wildman–Crippen LogP) is 2.40. The van der Waals surface area contributed by atoms with Crippen molar-refractivity contribution in [2.24, 2.45) is 0 Å². The van der Waals surface area contributed by atoms with Gasteiger partial charge in [0, 0.05) is 31.6 Å². The Labute approximate surface area is 135 Å². The maximum Gasteiger partial charge on any atom is 0.267 e. The molecule has 120 valence electrons. The van der Waals surface area contributed by atoms with Crippen LogP contribution in [-0.4, -0.2) is 33.7 Å². The second kappa shape index (κ2) is 6.36. The lowest BCUT2D eigenvalue weighted by molar-refractivity contribution is -0.130. The van der Waals surface area contributed by atoms with Gasteiger partial charge in [0.1, 0.15) is 0 Å². The molecule has 1 aromatic carbocycles. The first-order chi connectivity index (χ1) is 11.1. The van der Waals surface area contributed by atoms with E-state index in [1.807, 2.05) is 42.2 Å². The molecular weight excluding hydrogens is 290 g/mol. The lowest BCUT2D eigenvalue weighted by atomic mass is 10.0. The van der Waals surface area contributed by atoms with Gasteiger partial charge in [0.2, 0.25) is 5.91 Å². The van der Waals surface area contributed by atoms with Crippen LogP contribution in [0.2, 0.25) is 0 Å². The number of rotatable bonds is 2. The summed E-state index contributed by atoms with van der Waals surface area (Å²) in [6.45, 7) is 4.87. The molecule has 1 aliphatic heterocycles. The smallest absolute Gasteiger partial charge is 0.267 e. The third kappa shape index (κ3) is 3.18. The highest BCUT2D eigenvalue weighted by molar-refractivity contribution is 5.73. The van der Waals surface area contributed by atoms with Crippen LogP contribution >= 0.6 is 0 Å². The highest BCUT2D eigenvalue weighted by Crippen LogP contribution is 2.23. The molecule has 0 atom stereocenters. The number of hydrogen-bond acceptors (Lipinski definition) is 3. The molecular formula is C18H21N3O2. The molecule has 1 amide bonds. The SMILES string of the molecule is CC(=O)N1CCC(n2nc(-c3ccccc3)c(C)cc2=O)CC1. The fourth-order valence-corrected chi connectivity index (χ4v) is 3.12. The number of benzene rings is 1. The standard InChI is InChI=1S/C18H21N3O2/c1-13-12-17(23)21(16-8-10-20(11-9-16)14(2)22)19-18(13)15-6-4-3-5-7-15/h3-7,12,16H,8-11H2,1-2H3. The van der Waals surface area contributed by atoms with Crippen LogP contribution in [0.5, 0.6) is 0 Å². The van der Waals surface area contributed by atoms with Crippen molar-refractivity contribution < 1.29 is 4.79 Å². The van der Waals surface area contributed by atoms with Crippen LogP contribution in [0.1, 0.15) is 31.4 Å². The lowest BCUT2D eigenvalue weighted by Crippen LogP contribution is -2.40. The number of carbonyl (C=O) groups excluding carboxylic acids is 1. The Morgan fingerprint density at radius 3 is 2.43 bits per heavy atom. The van der Waals surface area contributed by atoms with Gasteiger partial charge in [-0.1, -0.05) is 30.3 Å². The summed E-state index contributed by atoms with van der Waals surface area (Å²) in [7, 11) is 0. The zero-order chi connectivity index (χ0) is 16.4. The van der Waals surface area contributed by atoms with E-state index in [1.165, 1.54) is 0 Å². The Morgan fingerprint density at radius 2 is 1.83 bits per heavy atom. The Kier molecular flexibility index (Phi) is 4.28. The number of hydrogen-bond donors (Lipinski definition) is 0. The van der Waals surface area contributed by atoms with Crippen LogP contribution in [0.4, 0.5) is 0 Å². The Balaban J connectivity index is 1.92.